The average Bonchev–Trinajstić information content (AvgIpc) is 3.90. The van der Waals surface area contributed by atoms with Crippen LogP contribution in [0.1, 0.15) is 99.9 Å². The molecule has 1 aliphatic heterocycles. The number of carbonyl (C=O) groups is 1. The smallest absolute Gasteiger partial charge is 0.329 e. The molecule has 0 radical (unpaired) electrons. The number of rotatable bonds is 10. The molecular formula is C42H52ClN3O5. The van der Waals surface area contributed by atoms with Gasteiger partial charge in [0, 0.05) is 39.6 Å². The molecule has 3 aromatic rings. The maximum atomic E-state index is 13.0. The van der Waals surface area contributed by atoms with Gasteiger partial charge in [0.1, 0.15) is 11.3 Å². The number of nitrogens with one attached hydrogen (secondary N) is 2. The summed E-state index contributed by atoms with van der Waals surface area (Å²) in [5.41, 5.74) is 4.71. The van der Waals surface area contributed by atoms with E-state index in [2.05, 4.69) is 41.6 Å². The Bertz CT molecular complexity index is 1780. The lowest BCUT2D eigenvalue weighted by molar-refractivity contribution is -0.144. The fraction of sp³-hybridized carbons (Fsp3) is 0.571. The summed E-state index contributed by atoms with van der Waals surface area (Å²) in [5.74, 6) is 3.24. The second kappa shape index (κ2) is 13.5. The van der Waals surface area contributed by atoms with E-state index in [1.807, 2.05) is 43.6 Å². The van der Waals surface area contributed by atoms with Gasteiger partial charge in [0.2, 0.25) is 0 Å². The Balaban J connectivity index is 1.06. The SMILES string of the molecule is CNC1(C2COc3cc4c(cc3OC2)C2(CCC(Nc3cccc(Cl)c3)(C(=O)O)CC2)[C@@H](C[C@@H](C)COc2ccnc3c2[C@H](C)CCC3)C4)CC1. The molecule has 51 heavy (non-hydrogen) atoms. The molecule has 5 aliphatic rings. The molecule has 4 atom stereocenters. The first kappa shape index (κ1) is 34.6. The van der Waals surface area contributed by atoms with Crippen molar-refractivity contribution < 1.29 is 24.1 Å². The maximum Gasteiger partial charge on any atom is 0.329 e. The molecular weight excluding hydrogens is 662 g/mol. The van der Waals surface area contributed by atoms with Gasteiger partial charge in [-0.2, -0.15) is 0 Å². The van der Waals surface area contributed by atoms with E-state index in [-0.39, 0.29) is 11.0 Å². The lowest BCUT2D eigenvalue weighted by Crippen LogP contribution is -2.53. The standard InChI is InChI=1S/C42H52ClN3O5/c1-26(23-49-35-10-17-45-34-9-4-6-27(2)38(34)35)18-29-19-28-20-36-37(51-25-30(24-50-36)41(44-3)15-16-41)22-33(28)40(29)11-13-42(14-12-40,39(47)48)46-32-8-5-7-31(43)21-32/h5,7-8,10,17,20-22,26-27,29-30,44,46H,4,6,9,11-16,18-19,23-25H2,1-3H3,(H,47,48)/t26-,27-,29+,30?,40?,42?/m1/s1. The Morgan fingerprint density at radius 2 is 1.84 bits per heavy atom. The third kappa shape index (κ3) is 6.34. The van der Waals surface area contributed by atoms with Gasteiger partial charge in [-0.05, 0) is 148 Å². The molecule has 8 rings (SSSR count). The van der Waals surface area contributed by atoms with Crippen LogP contribution >= 0.6 is 11.6 Å². The lowest BCUT2D eigenvalue weighted by atomic mass is 9.59. The van der Waals surface area contributed by atoms with Crippen LogP contribution in [0.3, 0.4) is 0 Å². The molecule has 0 amide bonds. The van der Waals surface area contributed by atoms with Crippen LogP contribution in [0.25, 0.3) is 0 Å². The summed E-state index contributed by atoms with van der Waals surface area (Å²) in [7, 11) is 2.04. The van der Waals surface area contributed by atoms with E-state index < -0.39 is 11.5 Å². The molecule has 8 nitrogen and oxygen atoms in total. The lowest BCUT2D eigenvalue weighted by Gasteiger charge is -2.47. The van der Waals surface area contributed by atoms with Crippen molar-refractivity contribution in [1.82, 2.24) is 10.3 Å². The fourth-order valence-electron chi connectivity index (χ4n) is 10.1. The molecule has 2 fully saturated rings. The highest BCUT2D eigenvalue weighted by molar-refractivity contribution is 6.30. The number of aromatic nitrogens is 1. The van der Waals surface area contributed by atoms with Crippen molar-refractivity contribution in [2.45, 2.75) is 107 Å². The van der Waals surface area contributed by atoms with Gasteiger partial charge < -0.3 is 30.0 Å². The number of anilines is 1. The Morgan fingerprint density at radius 3 is 2.55 bits per heavy atom. The number of nitrogens with zero attached hydrogens (tertiary/aromatic N) is 1. The summed E-state index contributed by atoms with van der Waals surface area (Å²) in [5, 5.41) is 18.2. The predicted molar refractivity (Wildman–Crippen MR) is 200 cm³/mol. The van der Waals surface area contributed by atoms with Crippen molar-refractivity contribution >= 4 is 23.3 Å². The molecule has 272 valence electrons. The summed E-state index contributed by atoms with van der Waals surface area (Å²) < 4.78 is 19.7. The minimum atomic E-state index is -1.07. The highest BCUT2D eigenvalue weighted by Crippen LogP contribution is 2.58. The van der Waals surface area contributed by atoms with Gasteiger partial charge in [-0.15, -0.1) is 0 Å². The van der Waals surface area contributed by atoms with Gasteiger partial charge in [-0.3, -0.25) is 4.98 Å². The van der Waals surface area contributed by atoms with Crippen LogP contribution in [0, 0.1) is 17.8 Å². The Morgan fingerprint density at radius 1 is 1.08 bits per heavy atom. The number of aryl methyl sites for hydroxylation is 1. The van der Waals surface area contributed by atoms with Gasteiger partial charge in [-0.25, -0.2) is 4.79 Å². The maximum absolute atomic E-state index is 13.0. The molecule has 2 heterocycles. The highest BCUT2D eigenvalue weighted by Gasteiger charge is 2.55. The Kier molecular flexibility index (Phi) is 9.15. The minimum Gasteiger partial charge on any atom is -0.493 e. The Hall–Kier alpha value is -3.49. The molecule has 9 heteroatoms. The van der Waals surface area contributed by atoms with Crippen LogP contribution in [0.4, 0.5) is 5.69 Å². The Labute approximate surface area is 307 Å². The van der Waals surface area contributed by atoms with Crippen LogP contribution in [0.2, 0.25) is 5.02 Å². The van der Waals surface area contributed by atoms with Crippen molar-refractivity contribution in [2.24, 2.45) is 17.8 Å². The average molecular weight is 714 g/mol. The molecule has 1 unspecified atom stereocenters. The third-order valence-corrected chi connectivity index (χ3v) is 13.5. The molecule has 0 bridgehead atoms. The second-order valence-electron chi connectivity index (χ2n) is 16.4. The number of fused-ring (bicyclic) bond motifs is 4. The third-order valence-electron chi connectivity index (χ3n) is 13.3. The summed E-state index contributed by atoms with van der Waals surface area (Å²) in [6, 6.07) is 13.9. The first-order chi connectivity index (χ1) is 24.6. The van der Waals surface area contributed by atoms with Gasteiger partial charge >= 0.3 is 5.97 Å². The number of hydrogen-bond donors (Lipinski definition) is 3. The second-order valence-corrected chi connectivity index (χ2v) is 16.8. The van der Waals surface area contributed by atoms with E-state index in [9.17, 15) is 9.90 Å². The van der Waals surface area contributed by atoms with Crippen molar-refractivity contribution in [3.8, 4) is 17.2 Å². The summed E-state index contributed by atoms with van der Waals surface area (Å²) >= 11 is 6.31. The molecule has 2 aromatic carbocycles. The number of halogens is 1. The molecule has 2 saturated carbocycles. The predicted octanol–water partition coefficient (Wildman–Crippen LogP) is 8.34. The van der Waals surface area contributed by atoms with Crippen LogP contribution in [0.15, 0.2) is 48.7 Å². The minimum absolute atomic E-state index is 0.114. The number of carboxylic acids is 1. The normalized spacial score (nSPS) is 29.4. The topological polar surface area (TPSA) is 102 Å². The number of aliphatic carboxylic acids is 1. The van der Waals surface area contributed by atoms with Crippen molar-refractivity contribution in [1.29, 1.82) is 0 Å². The van der Waals surface area contributed by atoms with E-state index in [4.69, 9.17) is 25.8 Å². The van der Waals surface area contributed by atoms with E-state index in [1.54, 1.807) is 0 Å². The molecule has 4 aliphatic carbocycles. The quantitative estimate of drug-likeness (QED) is 0.193. The van der Waals surface area contributed by atoms with Gasteiger partial charge in [0.25, 0.3) is 0 Å². The van der Waals surface area contributed by atoms with E-state index in [0.29, 0.717) is 61.4 Å². The van der Waals surface area contributed by atoms with E-state index >= 15 is 0 Å². The van der Waals surface area contributed by atoms with Crippen LogP contribution in [-0.2, 0) is 23.1 Å². The zero-order chi connectivity index (χ0) is 35.4. The number of benzene rings is 2. The van der Waals surface area contributed by atoms with Crippen LogP contribution < -0.4 is 24.8 Å². The monoisotopic (exact) mass is 713 g/mol. The zero-order valence-corrected chi connectivity index (χ0v) is 31.0. The number of pyridine rings is 1. The van der Waals surface area contributed by atoms with Crippen molar-refractivity contribution in [3.05, 3.63) is 76.1 Å². The zero-order valence-electron chi connectivity index (χ0n) is 30.2. The van der Waals surface area contributed by atoms with E-state index in [0.717, 1.165) is 67.9 Å². The summed E-state index contributed by atoms with van der Waals surface area (Å²) in [4.78, 5) is 17.7. The van der Waals surface area contributed by atoms with Crippen molar-refractivity contribution in [3.63, 3.8) is 0 Å². The summed E-state index contributed by atoms with van der Waals surface area (Å²) in [6.07, 6.45) is 12.0. The summed E-state index contributed by atoms with van der Waals surface area (Å²) in [6.45, 7) is 6.50. The number of hydrogen-bond acceptors (Lipinski definition) is 7. The van der Waals surface area contributed by atoms with Gasteiger partial charge in [0.15, 0.2) is 11.5 Å². The molecule has 1 spiro atoms. The fourth-order valence-corrected chi connectivity index (χ4v) is 10.3. The first-order valence-electron chi connectivity index (χ1n) is 19.1. The van der Waals surface area contributed by atoms with Crippen LogP contribution in [-0.4, -0.2) is 54.0 Å². The highest BCUT2D eigenvalue weighted by atomic mass is 35.5. The molecule has 0 saturated heterocycles. The van der Waals surface area contributed by atoms with Gasteiger partial charge in [-0.1, -0.05) is 31.5 Å². The number of carboxylic acid groups (broad SMARTS) is 1. The number of ether oxygens (including phenoxy) is 3. The largest absolute Gasteiger partial charge is 0.493 e. The van der Waals surface area contributed by atoms with E-state index in [1.165, 1.54) is 35.2 Å². The first-order valence-corrected chi connectivity index (χ1v) is 19.5. The molecule has 3 N–H and O–H groups in total. The van der Waals surface area contributed by atoms with Crippen molar-refractivity contribution in [2.75, 3.05) is 32.2 Å². The molecule has 1 aromatic heterocycles. The van der Waals surface area contributed by atoms with Gasteiger partial charge in [0.05, 0.1) is 19.8 Å². The van der Waals surface area contributed by atoms with Crippen LogP contribution in [0.5, 0.6) is 17.2 Å².